The van der Waals surface area contributed by atoms with Crippen molar-refractivity contribution in [1.82, 2.24) is 10.2 Å². The fourth-order valence-corrected chi connectivity index (χ4v) is 4.24. The van der Waals surface area contributed by atoms with Gasteiger partial charge >= 0.3 is 0 Å². The lowest BCUT2D eigenvalue weighted by atomic mass is 9.84. The molecule has 1 spiro atoms. The van der Waals surface area contributed by atoms with Gasteiger partial charge in [-0.2, -0.15) is 0 Å². The molecule has 2 aromatic rings. The SMILES string of the molecule is CCN(CC)C(=O)c1ccc(C2=CC3(CCCNC3)Oc3ccc(O)cc32)cc1. The van der Waals surface area contributed by atoms with E-state index >= 15 is 0 Å². The van der Waals surface area contributed by atoms with Gasteiger partial charge in [0.05, 0.1) is 0 Å². The maximum Gasteiger partial charge on any atom is 0.253 e. The summed E-state index contributed by atoms with van der Waals surface area (Å²) in [6.07, 6.45) is 4.18. The lowest BCUT2D eigenvalue weighted by Gasteiger charge is -2.40. The molecule has 0 aromatic heterocycles. The first kappa shape index (κ1) is 19.5. The molecule has 1 atom stereocenters. The van der Waals surface area contributed by atoms with Crippen LogP contribution in [0.3, 0.4) is 0 Å². The number of amides is 1. The minimum Gasteiger partial charge on any atom is -0.508 e. The van der Waals surface area contributed by atoms with Gasteiger partial charge in [0.2, 0.25) is 0 Å². The van der Waals surface area contributed by atoms with Crippen molar-refractivity contribution in [3.05, 3.63) is 65.2 Å². The fraction of sp³-hybridized carbons (Fsp3) is 0.375. The van der Waals surface area contributed by atoms with E-state index in [1.165, 1.54) is 0 Å². The van der Waals surface area contributed by atoms with Gasteiger partial charge in [0.25, 0.3) is 5.91 Å². The Bertz CT molecular complexity index is 924. The number of nitrogens with one attached hydrogen (secondary N) is 1. The Morgan fingerprint density at radius 1 is 1.17 bits per heavy atom. The predicted octanol–water partition coefficient (Wildman–Crippen LogP) is 3.82. The number of fused-ring (bicyclic) bond motifs is 1. The first-order valence-electron chi connectivity index (χ1n) is 10.4. The van der Waals surface area contributed by atoms with Crippen LogP contribution in [-0.4, -0.2) is 47.7 Å². The quantitative estimate of drug-likeness (QED) is 0.830. The third-order valence-electron chi connectivity index (χ3n) is 5.85. The Balaban J connectivity index is 1.73. The monoisotopic (exact) mass is 392 g/mol. The lowest BCUT2D eigenvalue weighted by Crippen LogP contribution is -2.49. The van der Waals surface area contributed by atoms with Crippen molar-refractivity contribution >= 4 is 11.5 Å². The van der Waals surface area contributed by atoms with E-state index in [1.807, 2.05) is 49.1 Å². The van der Waals surface area contributed by atoms with Crippen molar-refractivity contribution in [2.24, 2.45) is 0 Å². The molecule has 5 heteroatoms. The van der Waals surface area contributed by atoms with Crippen LogP contribution in [0.1, 0.15) is 48.2 Å². The second kappa shape index (κ2) is 7.91. The molecule has 2 aliphatic rings. The molecule has 29 heavy (non-hydrogen) atoms. The summed E-state index contributed by atoms with van der Waals surface area (Å²) in [5, 5.41) is 13.5. The van der Waals surface area contributed by atoms with Crippen LogP contribution in [0.25, 0.3) is 5.57 Å². The molecule has 4 rings (SSSR count). The van der Waals surface area contributed by atoms with Crippen LogP contribution in [0.2, 0.25) is 0 Å². The zero-order valence-corrected chi connectivity index (χ0v) is 17.1. The largest absolute Gasteiger partial charge is 0.508 e. The average molecular weight is 392 g/mol. The zero-order chi connectivity index (χ0) is 20.4. The van der Waals surface area contributed by atoms with Crippen LogP contribution >= 0.6 is 0 Å². The minimum atomic E-state index is -0.382. The van der Waals surface area contributed by atoms with Crippen molar-refractivity contribution < 1.29 is 14.6 Å². The number of phenols is 1. The number of nitrogens with zero attached hydrogens (tertiary/aromatic N) is 1. The number of aromatic hydroxyl groups is 1. The maximum absolute atomic E-state index is 12.6. The molecule has 5 nitrogen and oxygen atoms in total. The molecule has 0 aliphatic carbocycles. The molecule has 2 aliphatic heterocycles. The molecular formula is C24H28N2O3. The van der Waals surface area contributed by atoms with Crippen molar-refractivity contribution in [2.75, 3.05) is 26.2 Å². The number of carbonyl (C=O) groups excluding carboxylic acids is 1. The first-order valence-corrected chi connectivity index (χ1v) is 10.4. The molecule has 1 fully saturated rings. The smallest absolute Gasteiger partial charge is 0.253 e. The van der Waals surface area contributed by atoms with E-state index < -0.39 is 0 Å². The molecule has 0 saturated carbocycles. The first-order chi connectivity index (χ1) is 14.0. The Morgan fingerprint density at radius 3 is 2.59 bits per heavy atom. The summed E-state index contributed by atoms with van der Waals surface area (Å²) in [6, 6.07) is 13.0. The topological polar surface area (TPSA) is 61.8 Å². The van der Waals surface area contributed by atoms with Gasteiger partial charge in [0, 0.05) is 30.8 Å². The zero-order valence-electron chi connectivity index (χ0n) is 17.1. The van der Waals surface area contributed by atoms with Crippen molar-refractivity contribution in [3.8, 4) is 11.5 Å². The molecule has 1 saturated heterocycles. The van der Waals surface area contributed by atoms with E-state index in [-0.39, 0.29) is 17.3 Å². The third kappa shape index (κ3) is 3.75. The van der Waals surface area contributed by atoms with Crippen LogP contribution in [-0.2, 0) is 0 Å². The van der Waals surface area contributed by atoms with Gasteiger partial charge in [-0.25, -0.2) is 0 Å². The van der Waals surface area contributed by atoms with Gasteiger partial charge < -0.3 is 20.1 Å². The van der Waals surface area contributed by atoms with E-state index in [2.05, 4.69) is 11.4 Å². The molecule has 2 heterocycles. The van der Waals surface area contributed by atoms with Crippen LogP contribution in [0.5, 0.6) is 11.5 Å². The summed E-state index contributed by atoms with van der Waals surface area (Å²) < 4.78 is 6.38. The molecule has 2 N–H and O–H groups in total. The number of benzene rings is 2. The van der Waals surface area contributed by atoms with Crippen LogP contribution in [0, 0.1) is 0 Å². The van der Waals surface area contributed by atoms with E-state index in [4.69, 9.17) is 4.74 Å². The number of ether oxygens (including phenoxy) is 1. The van der Waals surface area contributed by atoms with Crippen LogP contribution in [0.4, 0.5) is 0 Å². The summed E-state index contributed by atoms with van der Waals surface area (Å²) in [5.74, 6) is 1.05. The normalized spacial score (nSPS) is 20.6. The summed E-state index contributed by atoms with van der Waals surface area (Å²) in [7, 11) is 0. The second-order valence-corrected chi connectivity index (χ2v) is 7.74. The summed E-state index contributed by atoms with van der Waals surface area (Å²) in [5.41, 5.74) is 3.24. The molecule has 0 radical (unpaired) electrons. The standard InChI is InChI=1S/C24H28N2O3/c1-3-26(4-2)23(28)18-8-6-17(7-9-18)21-15-24(12-5-13-25-16-24)29-22-11-10-19(27)14-20(21)22/h6-11,14-15,25,27H,3-5,12-13,16H2,1-2H3. The highest BCUT2D eigenvalue weighted by atomic mass is 16.5. The van der Waals surface area contributed by atoms with Crippen molar-refractivity contribution in [3.63, 3.8) is 0 Å². The highest BCUT2D eigenvalue weighted by molar-refractivity contribution is 5.95. The Morgan fingerprint density at radius 2 is 1.93 bits per heavy atom. The fourth-order valence-electron chi connectivity index (χ4n) is 4.24. The maximum atomic E-state index is 12.6. The lowest BCUT2D eigenvalue weighted by molar-refractivity contribution is 0.0772. The highest BCUT2D eigenvalue weighted by Crippen LogP contribution is 2.43. The molecular weight excluding hydrogens is 364 g/mol. The summed E-state index contributed by atoms with van der Waals surface area (Å²) in [6.45, 7) is 7.13. The summed E-state index contributed by atoms with van der Waals surface area (Å²) >= 11 is 0. The van der Waals surface area contributed by atoms with E-state index in [0.717, 1.165) is 48.4 Å². The third-order valence-corrected chi connectivity index (χ3v) is 5.85. The van der Waals surface area contributed by atoms with E-state index in [1.54, 1.807) is 12.1 Å². The van der Waals surface area contributed by atoms with Crippen molar-refractivity contribution in [2.45, 2.75) is 32.3 Å². The molecule has 1 unspecified atom stereocenters. The van der Waals surface area contributed by atoms with Gasteiger partial charge in [-0.15, -0.1) is 0 Å². The number of carbonyl (C=O) groups is 1. The molecule has 1 amide bonds. The Kier molecular flexibility index (Phi) is 5.33. The predicted molar refractivity (Wildman–Crippen MR) is 114 cm³/mol. The van der Waals surface area contributed by atoms with E-state index in [9.17, 15) is 9.90 Å². The number of hydrogen-bond donors (Lipinski definition) is 2. The average Bonchev–Trinajstić information content (AvgIpc) is 2.75. The van der Waals surface area contributed by atoms with Crippen molar-refractivity contribution in [1.29, 1.82) is 0 Å². The molecule has 152 valence electrons. The summed E-state index contributed by atoms with van der Waals surface area (Å²) in [4.78, 5) is 14.4. The number of rotatable bonds is 4. The molecule has 2 aromatic carbocycles. The van der Waals surface area contributed by atoms with Gasteiger partial charge in [0.15, 0.2) is 0 Å². The number of phenolic OH excluding ortho intramolecular Hbond substituents is 1. The molecule has 0 bridgehead atoms. The van der Waals surface area contributed by atoms with Gasteiger partial charge in [-0.1, -0.05) is 12.1 Å². The number of hydrogen-bond acceptors (Lipinski definition) is 4. The van der Waals surface area contributed by atoms with Gasteiger partial charge in [0.1, 0.15) is 17.1 Å². The van der Waals surface area contributed by atoms with Crippen LogP contribution < -0.4 is 10.1 Å². The Hall–Kier alpha value is -2.79. The Labute approximate surface area is 172 Å². The second-order valence-electron chi connectivity index (χ2n) is 7.74. The van der Waals surface area contributed by atoms with Crippen LogP contribution in [0.15, 0.2) is 48.5 Å². The van der Waals surface area contributed by atoms with Gasteiger partial charge in [-0.05, 0) is 80.8 Å². The van der Waals surface area contributed by atoms with Gasteiger partial charge in [-0.3, -0.25) is 4.79 Å². The van der Waals surface area contributed by atoms with E-state index in [0.29, 0.717) is 18.7 Å². The minimum absolute atomic E-state index is 0.0495. The number of piperidine rings is 1. The highest BCUT2D eigenvalue weighted by Gasteiger charge is 2.37.